The lowest BCUT2D eigenvalue weighted by molar-refractivity contribution is -0.121. The van der Waals surface area contributed by atoms with E-state index in [4.69, 9.17) is 16.3 Å². The molecular weight excluding hydrogens is 312 g/mol. The van der Waals surface area contributed by atoms with E-state index in [2.05, 4.69) is 17.3 Å². The van der Waals surface area contributed by atoms with Gasteiger partial charge in [0.15, 0.2) is 0 Å². The molecule has 4 nitrogen and oxygen atoms in total. The molecule has 2 rings (SSSR count). The van der Waals surface area contributed by atoms with Crippen LogP contribution in [0, 0.1) is 0 Å². The molecule has 0 bridgehead atoms. The predicted octanol–water partition coefficient (Wildman–Crippen LogP) is 3.24. The number of benzene rings is 1. The Morgan fingerprint density at radius 2 is 2.13 bits per heavy atom. The van der Waals surface area contributed by atoms with Crippen LogP contribution in [-0.2, 0) is 16.1 Å². The number of likely N-dealkylation sites (tertiary alicyclic amines) is 1. The van der Waals surface area contributed by atoms with Crippen molar-refractivity contribution < 1.29 is 9.53 Å². The maximum absolute atomic E-state index is 11.9. The van der Waals surface area contributed by atoms with Crippen molar-refractivity contribution in [1.29, 1.82) is 0 Å². The molecule has 5 heteroatoms. The summed E-state index contributed by atoms with van der Waals surface area (Å²) in [6.45, 7) is 2.79. The molecule has 1 heterocycles. The Bertz CT molecular complexity index is 478. The zero-order valence-electron chi connectivity index (χ0n) is 13.9. The van der Waals surface area contributed by atoms with Gasteiger partial charge < -0.3 is 15.0 Å². The van der Waals surface area contributed by atoms with E-state index in [1.807, 2.05) is 24.3 Å². The molecule has 1 saturated heterocycles. The van der Waals surface area contributed by atoms with Crippen LogP contribution in [-0.4, -0.2) is 43.6 Å². The fourth-order valence-corrected chi connectivity index (χ4v) is 3.05. The Kier molecular flexibility index (Phi) is 7.86. The minimum absolute atomic E-state index is 0.124. The average Bonchev–Trinajstić information content (AvgIpc) is 2.55. The highest BCUT2D eigenvalue weighted by Crippen LogP contribution is 2.18. The number of nitrogens with zero attached hydrogens (tertiary/aromatic N) is 1. The summed E-state index contributed by atoms with van der Waals surface area (Å²) in [6, 6.07) is 8.16. The SMILES string of the molecule is CN1CCCCC1CCC(=O)NCCOCc1ccc(Cl)cc1. The quantitative estimate of drug-likeness (QED) is 0.740. The first-order valence-corrected chi connectivity index (χ1v) is 8.82. The fraction of sp³-hybridized carbons (Fsp3) is 0.611. The predicted molar refractivity (Wildman–Crippen MR) is 93.6 cm³/mol. The molecule has 0 saturated carbocycles. The number of piperidine rings is 1. The molecular formula is C18H27ClN2O2. The Morgan fingerprint density at radius 1 is 1.35 bits per heavy atom. The molecule has 1 unspecified atom stereocenters. The lowest BCUT2D eigenvalue weighted by Crippen LogP contribution is -2.37. The maximum Gasteiger partial charge on any atom is 0.220 e. The van der Waals surface area contributed by atoms with Crippen molar-refractivity contribution in [3.05, 3.63) is 34.9 Å². The largest absolute Gasteiger partial charge is 0.375 e. The van der Waals surface area contributed by atoms with Crippen molar-refractivity contribution in [3.8, 4) is 0 Å². The van der Waals surface area contributed by atoms with Crippen molar-refractivity contribution in [2.24, 2.45) is 0 Å². The van der Waals surface area contributed by atoms with Gasteiger partial charge in [-0.25, -0.2) is 0 Å². The molecule has 0 aromatic heterocycles. The molecule has 1 aliphatic heterocycles. The van der Waals surface area contributed by atoms with E-state index in [0.29, 0.717) is 32.2 Å². The highest BCUT2D eigenvalue weighted by Gasteiger charge is 2.19. The summed E-state index contributed by atoms with van der Waals surface area (Å²) in [5.41, 5.74) is 1.08. The normalized spacial score (nSPS) is 18.8. The molecule has 0 radical (unpaired) electrons. The summed E-state index contributed by atoms with van der Waals surface area (Å²) in [6.07, 6.45) is 5.34. The Morgan fingerprint density at radius 3 is 2.87 bits per heavy atom. The zero-order chi connectivity index (χ0) is 16.5. The van der Waals surface area contributed by atoms with Gasteiger partial charge in [-0.2, -0.15) is 0 Å². The number of ether oxygens (including phenoxy) is 1. The number of carbonyl (C=O) groups excluding carboxylic acids is 1. The van der Waals surface area contributed by atoms with Crippen LogP contribution in [0.4, 0.5) is 0 Å². The smallest absolute Gasteiger partial charge is 0.220 e. The third-order valence-corrected chi connectivity index (χ3v) is 4.63. The van der Waals surface area contributed by atoms with Gasteiger partial charge in [-0.3, -0.25) is 4.79 Å². The Labute approximate surface area is 144 Å². The number of amides is 1. The lowest BCUT2D eigenvalue weighted by Gasteiger charge is -2.32. The van der Waals surface area contributed by atoms with Crippen LogP contribution < -0.4 is 5.32 Å². The highest BCUT2D eigenvalue weighted by atomic mass is 35.5. The van der Waals surface area contributed by atoms with Crippen molar-refractivity contribution in [2.75, 3.05) is 26.7 Å². The highest BCUT2D eigenvalue weighted by molar-refractivity contribution is 6.30. The first-order valence-electron chi connectivity index (χ1n) is 8.44. The van der Waals surface area contributed by atoms with Crippen LogP contribution in [0.5, 0.6) is 0 Å². The van der Waals surface area contributed by atoms with Crippen LogP contribution in [0.1, 0.15) is 37.7 Å². The Hall–Kier alpha value is -1.10. The van der Waals surface area contributed by atoms with E-state index in [1.165, 1.54) is 19.3 Å². The van der Waals surface area contributed by atoms with Gasteiger partial charge >= 0.3 is 0 Å². The van der Waals surface area contributed by atoms with Crippen LogP contribution >= 0.6 is 11.6 Å². The number of hydrogen-bond donors (Lipinski definition) is 1. The van der Waals surface area contributed by atoms with Crippen LogP contribution in [0.2, 0.25) is 5.02 Å². The van der Waals surface area contributed by atoms with E-state index in [-0.39, 0.29) is 5.91 Å². The molecule has 128 valence electrons. The molecule has 1 N–H and O–H groups in total. The minimum atomic E-state index is 0.124. The second kappa shape index (κ2) is 9.91. The fourth-order valence-electron chi connectivity index (χ4n) is 2.93. The third kappa shape index (κ3) is 6.90. The van der Waals surface area contributed by atoms with Gasteiger partial charge in [0.1, 0.15) is 0 Å². The van der Waals surface area contributed by atoms with Gasteiger partial charge in [0.05, 0.1) is 13.2 Å². The molecule has 1 aliphatic rings. The van der Waals surface area contributed by atoms with Crippen molar-refractivity contribution in [3.63, 3.8) is 0 Å². The summed E-state index contributed by atoms with van der Waals surface area (Å²) in [7, 11) is 2.16. The first kappa shape index (κ1) is 18.2. The first-order chi connectivity index (χ1) is 11.1. The number of nitrogens with one attached hydrogen (secondary N) is 1. The van der Waals surface area contributed by atoms with Crippen LogP contribution in [0.3, 0.4) is 0 Å². The van der Waals surface area contributed by atoms with E-state index >= 15 is 0 Å². The standard InChI is InChI=1S/C18H27ClN2O2/c1-21-12-3-2-4-17(21)9-10-18(22)20-11-13-23-14-15-5-7-16(19)8-6-15/h5-8,17H,2-4,9-14H2,1H3,(H,20,22). The van der Waals surface area contributed by atoms with E-state index in [9.17, 15) is 4.79 Å². The van der Waals surface area contributed by atoms with Gasteiger partial charge in [0.2, 0.25) is 5.91 Å². The van der Waals surface area contributed by atoms with Crippen LogP contribution in [0.15, 0.2) is 24.3 Å². The van der Waals surface area contributed by atoms with Gasteiger partial charge in [0.25, 0.3) is 0 Å². The van der Waals surface area contributed by atoms with Crippen molar-refractivity contribution >= 4 is 17.5 Å². The summed E-state index contributed by atoms with van der Waals surface area (Å²) >= 11 is 5.83. The molecule has 1 aromatic rings. The van der Waals surface area contributed by atoms with Gasteiger partial charge in [-0.1, -0.05) is 30.2 Å². The summed E-state index contributed by atoms with van der Waals surface area (Å²) in [5, 5.41) is 3.66. The number of hydrogen-bond acceptors (Lipinski definition) is 3. The van der Waals surface area contributed by atoms with Crippen molar-refractivity contribution in [1.82, 2.24) is 10.2 Å². The number of halogens is 1. The minimum Gasteiger partial charge on any atom is -0.375 e. The molecule has 1 aromatic carbocycles. The van der Waals surface area contributed by atoms with E-state index < -0.39 is 0 Å². The topological polar surface area (TPSA) is 41.6 Å². The second-order valence-electron chi connectivity index (χ2n) is 6.20. The second-order valence-corrected chi connectivity index (χ2v) is 6.63. The summed E-state index contributed by atoms with van der Waals surface area (Å²) in [5.74, 6) is 0.124. The van der Waals surface area contributed by atoms with E-state index in [1.54, 1.807) is 0 Å². The van der Waals surface area contributed by atoms with E-state index in [0.717, 1.165) is 23.6 Å². The number of carbonyl (C=O) groups is 1. The molecule has 23 heavy (non-hydrogen) atoms. The molecule has 1 atom stereocenters. The monoisotopic (exact) mass is 338 g/mol. The van der Waals surface area contributed by atoms with Crippen LogP contribution in [0.25, 0.3) is 0 Å². The molecule has 1 amide bonds. The average molecular weight is 339 g/mol. The molecule has 0 aliphatic carbocycles. The Balaban J connectivity index is 1.52. The molecule has 1 fully saturated rings. The van der Waals surface area contributed by atoms with Crippen molar-refractivity contribution in [2.45, 2.75) is 44.8 Å². The van der Waals surface area contributed by atoms with Gasteiger partial charge in [-0.05, 0) is 50.6 Å². The summed E-state index contributed by atoms with van der Waals surface area (Å²) < 4.78 is 5.56. The number of rotatable bonds is 8. The summed E-state index contributed by atoms with van der Waals surface area (Å²) in [4.78, 5) is 14.2. The zero-order valence-corrected chi connectivity index (χ0v) is 14.6. The maximum atomic E-state index is 11.9. The molecule has 0 spiro atoms. The van der Waals surface area contributed by atoms with Gasteiger partial charge in [-0.15, -0.1) is 0 Å². The lowest BCUT2D eigenvalue weighted by atomic mass is 9.98. The van der Waals surface area contributed by atoms with Gasteiger partial charge in [0, 0.05) is 24.0 Å². The third-order valence-electron chi connectivity index (χ3n) is 4.38.